The van der Waals surface area contributed by atoms with Gasteiger partial charge in [0.2, 0.25) is 5.91 Å². The number of carbonyl (C=O) groups excluding carboxylic acids is 1. The summed E-state index contributed by atoms with van der Waals surface area (Å²) in [6, 6.07) is 0. The maximum Gasteiger partial charge on any atom is 0.411 e. The van der Waals surface area contributed by atoms with Crippen molar-refractivity contribution < 1.29 is 22.7 Å². The summed E-state index contributed by atoms with van der Waals surface area (Å²) in [7, 11) is 0. The van der Waals surface area contributed by atoms with Crippen LogP contribution in [0.2, 0.25) is 0 Å². The summed E-state index contributed by atoms with van der Waals surface area (Å²) in [5, 5.41) is 0. The molecular formula is C11H16F3NO2. The maximum absolute atomic E-state index is 11.8. The van der Waals surface area contributed by atoms with E-state index in [4.69, 9.17) is 0 Å². The zero-order chi connectivity index (χ0) is 12.5. The van der Waals surface area contributed by atoms with E-state index < -0.39 is 19.4 Å². The normalized spacial score (nSPS) is 22.9. The third-order valence-corrected chi connectivity index (χ3v) is 3.56. The first-order valence-corrected chi connectivity index (χ1v) is 5.83. The van der Waals surface area contributed by atoms with Gasteiger partial charge in [-0.2, -0.15) is 13.2 Å². The van der Waals surface area contributed by atoms with Crippen LogP contribution in [0.5, 0.6) is 0 Å². The Morgan fingerprint density at radius 1 is 1.24 bits per heavy atom. The van der Waals surface area contributed by atoms with Crippen LogP contribution in [0.4, 0.5) is 13.2 Å². The second kappa shape index (κ2) is 4.48. The third-order valence-electron chi connectivity index (χ3n) is 3.56. The number of nitrogens with zero attached hydrogens (tertiary/aromatic N) is 1. The van der Waals surface area contributed by atoms with Gasteiger partial charge in [0, 0.05) is 18.5 Å². The van der Waals surface area contributed by atoms with Gasteiger partial charge < -0.3 is 9.64 Å². The summed E-state index contributed by atoms with van der Waals surface area (Å²) in [5.74, 6) is -0.327. The minimum atomic E-state index is -4.36. The third kappa shape index (κ3) is 3.12. The summed E-state index contributed by atoms with van der Waals surface area (Å²) in [6.45, 7) is -0.421. The molecule has 1 saturated heterocycles. The topological polar surface area (TPSA) is 29.5 Å². The van der Waals surface area contributed by atoms with E-state index in [1.807, 2.05) is 0 Å². The fraction of sp³-hybridized carbons (Fsp3) is 0.909. The van der Waals surface area contributed by atoms with Gasteiger partial charge in [-0.15, -0.1) is 0 Å². The number of amides is 1. The number of carbonyl (C=O) groups is 1. The fourth-order valence-electron chi connectivity index (χ4n) is 2.73. The van der Waals surface area contributed by atoms with Gasteiger partial charge in [-0.1, -0.05) is 12.8 Å². The van der Waals surface area contributed by atoms with Crippen molar-refractivity contribution in [2.75, 3.05) is 26.3 Å². The van der Waals surface area contributed by atoms with Crippen molar-refractivity contribution in [2.45, 2.75) is 31.9 Å². The fourth-order valence-corrected chi connectivity index (χ4v) is 2.73. The highest BCUT2D eigenvalue weighted by atomic mass is 19.4. The molecule has 1 heterocycles. The number of hydrogen-bond donors (Lipinski definition) is 0. The Kier molecular flexibility index (Phi) is 3.34. The van der Waals surface area contributed by atoms with Crippen LogP contribution in [-0.4, -0.2) is 43.3 Å². The van der Waals surface area contributed by atoms with Gasteiger partial charge in [0.15, 0.2) is 0 Å². The Morgan fingerprint density at radius 2 is 1.82 bits per heavy atom. The molecule has 0 N–H and O–H groups in total. The Morgan fingerprint density at radius 3 is 2.35 bits per heavy atom. The molecule has 0 aromatic heterocycles. The molecule has 2 rings (SSSR count). The highest BCUT2D eigenvalue weighted by Crippen LogP contribution is 2.45. The number of ether oxygens (including phenoxy) is 1. The highest BCUT2D eigenvalue weighted by Gasteiger charge is 2.46. The van der Waals surface area contributed by atoms with Crippen LogP contribution < -0.4 is 0 Å². The predicted octanol–water partition coefficient (Wildman–Crippen LogP) is 1.97. The average molecular weight is 251 g/mol. The summed E-state index contributed by atoms with van der Waals surface area (Å²) in [5.41, 5.74) is 0.277. The number of likely N-dealkylation sites (tertiary alicyclic amines) is 1. The molecule has 1 aliphatic heterocycles. The van der Waals surface area contributed by atoms with Crippen molar-refractivity contribution in [3.05, 3.63) is 0 Å². The lowest BCUT2D eigenvalue weighted by atomic mass is 9.78. The first kappa shape index (κ1) is 12.7. The lowest BCUT2D eigenvalue weighted by molar-refractivity contribution is -0.180. The van der Waals surface area contributed by atoms with Crippen molar-refractivity contribution in [3.63, 3.8) is 0 Å². The van der Waals surface area contributed by atoms with Crippen molar-refractivity contribution in [2.24, 2.45) is 5.41 Å². The van der Waals surface area contributed by atoms with Gasteiger partial charge in [-0.05, 0) is 12.8 Å². The van der Waals surface area contributed by atoms with Crippen molar-refractivity contribution in [1.29, 1.82) is 0 Å². The average Bonchev–Trinajstić information content (AvgIpc) is 2.61. The van der Waals surface area contributed by atoms with E-state index in [0.29, 0.717) is 13.1 Å². The van der Waals surface area contributed by atoms with Crippen LogP contribution in [0.1, 0.15) is 25.7 Å². The minimum absolute atomic E-state index is 0.277. The van der Waals surface area contributed by atoms with Crippen molar-refractivity contribution in [3.8, 4) is 0 Å². The zero-order valence-electron chi connectivity index (χ0n) is 9.55. The van der Waals surface area contributed by atoms with Crippen LogP contribution in [0.15, 0.2) is 0 Å². The predicted molar refractivity (Wildman–Crippen MR) is 54.4 cm³/mol. The second-order valence-electron chi connectivity index (χ2n) is 5.06. The van der Waals surface area contributed by atoms with Crippen LogP contribution in [0.3, 0.4) is 0 Å². The summed E-state index contributed by atoms with van der Waals surface area (Å²) < 4.78 is 39.7. The molecule has 1 amide bonds. The van der Waals surface area contributed by atoms with Gasteiger partial charge >= 0.3 is 6.18 Å². The number of rotatable bonds is 3. The Hall–Kier alpha value is -0.780. The number of hydrogen-bond acceptors (Lipinski definition) is 2. The van der Waals surface area contributed by atoms with Crippen molar-refractivity contribution in [1.82, 2.24) is 4.90 Å². The van der Waals surface area contributed by atoms with Gasteiger partial charge in [0.05, 0.1) is 0 Å². The Balaban J connectivity index is 1.65. The zero-order valence-corrected chi connectivity index (χ0v) is 9.55. The van der Waals surface area contributed by atoms with E-state index in [0.717, 1.165) is 12.8 Å². The molecule has 1 aliphatic carbocycles. The van der Waals surface area contributed by atoms with Crippen molar-refractivity contribution >= 4 is 5.91 Å². The summed E-state index contributed by atoms with van der Waals surface area (Å²) in [4.78, 5) is 13.1. The van der Waals surface area contributed by atoms with Crippen LogP contribution in [0.25, 0.3) is 0 Å². The molecule has 0 unspecified atom stereocenters. The Labute approximate surface area is 97.9 Å². The molecule has 0 aromatic carbocycles. The number of alkyl halides is 3. The van der Waals surface area contributed by atoms with E-state index in [-0.39, 0.29) is 11.3 Å². The lowest BCUT2D eigenvalue weighted by Crippen LogP contribution is -2.58. The first-order valence-electron chi connectivity index (χ1n) is 5.83. The van der Waals surface area contributed by atoms with E-state index in [2.05, 4.69) is 4.74 Å². The van der Waals surface area contributed by atoms with Gasteiger partial charge in [-0.3, -0.25) is 4.79 Å². The van der Waals surface area contributed by atoms with Crippen LogP contribution >= 0.6 is 0 Å². The van der Waals surface area contributed by atoms with E-state index >= 15 is 0 Å². The van der Waals surface area contributed by atoms with E-state index in [1.165, 1.54) is 12.8 Å². The van der Waals surface area contributed by atoms with Crippen LogP contribution in [-0.2, 0) is 9.53 Å². The molecule has 3 nitrogen and oxygen atoms in total. The molecule has 0 atom stereocenters. The quantitative estimate of drug-likeness (QED) is 0.767. The SMILES string of the molecule is O=C(COCC(F)(F)F)N1CC2(CCCC2)C1. The lowest BCUT2D eigenvalue weighted by Gasteiger charge is -2.48. The maximum atomic E-state index is 11.8. The molecule has 6 heteroatoms. The summed E-state index contributed by atoms with van der Waals surface area (Å²) in [6.07, 6.45) is 0.321. The number of halogens is 3. The molecule has 17 heavy (non-hydrogen) atoms. The van der Waals surface area contributed by atoms with E-state index in [1.54, 1.807) is 4.90 Å². The molecule has 1 saturated carbocycles. The molecule has 2 fully saturated rings. The highest BCUT2D eigenvalue weighted by molar-refractivity contribution is 5.78. The molecule has 1 spiro atoms. The molecule has 2 aliphatic rings. The molecule has 0 aromatic rings. The smallest absolute Gasteiger partial charge is 0.362 e. The van der Waals surface area contributed by atoms with Gasteiger partial charge in [0.25, 0.3) is 0 Å². The monoisotopic (exact) mass is 251 g/mol. The standard InChI is InChI=1S/C11H16F3NO2/c12-11(13,14)8-17-5-9(16)15-6-10(7-15)3-1-2-4-10/h1-8H2. The Bertz CT molecular complexity index is 290. The van der Waals surface area contributed by atoms with Gasteiger partial charge in [-0.25, -0.2) is 0 Å². The molecule has 98 valence electrons. The van der Waals surface area contributed by atoms with E-state index in [9.17, 15) is 18.0 Å². The summed E-state index contributed by atoms with van der Waals surface area (Å²) >= 11 is 0. The molecule has 0 bridgehead atoms. The molecular weight excluding hydrogens is 235 g/mol. The first-order chi connectivity index (χ1) is 7.90. The van der Waals surface area contributed by atoms with Crippen LogP contribution in [0, 0.1) is 5.41 Å². The second-order valence-corrected chi connectivity index (χ2v) is 5.06. The van der Waals surface area contributed by atoms with Gasteiger partial charge in [0.1, 0.15) is 13.2 Å². The minimum Gasteiger partial charge on any atom is -0.362 e. The molecule has 0 radical (unpaired) electrons. The largest absolute Gasteiger partial charge is 0.411 e.